The smallest absolute Gasteiger partial charge is 0.226 e. The summed E-state index contributed by atoms with van der Waals surface area (Å²) >= 11 is 0. The molecule has 1 saturated heterocycles. The van der Waals surface area contributed by atoms with Gasteiger partial charge in [0.25, 0.3) is 0 Å². The zero-order valence-corrected chi connectivity index (χ0v) is 18.6. The van der Waals surface area contributed by atoms with Gasteiger partial charge in [0.05, 0.1) is 23.9 Å². The minimum Gasteiger partial charge on any atom is -0.372 e. The van der Waals surface area contributed by atoms with Gasteiger partial charge in [0.2, 0.25) is 5.95 Å². The first kappa shape index (κ1) is 20.4. The fraction of sp³-hybridized carbons (Fsp3) is 0.462. The lowest BCUT2D eigenvalue weighted by Crippen LogP contribution is -2.36. The number of nitrogens with zero attached hydrogens (tertiary/aromatic N) is 3. The van der Waals surface area contributed by atoms with E-state index in [1.54, 1.807) is 0 Å². The van der Waals surface area contributed by atoms with Crippen LogP contribution in [0, 0.1) is 13.8 Å². The van der Waals surface area contributed by atoms with E-state index in [0.29, 0.717) is 6.04 Å². The van der Waals surface area contributed by atoms with Crippen molar-refractivity contribution < 1.29 is 4.74 Å². The quantitative estimate of drug-likeness (QED) is 0.678. The highest BCUT2D eigenvalue weighted by Gasteiger charge is 2.23. The minimum atomic E-state index is 0.166. The van der Waals surface area contributed by atoms with Gasteiger partial charge in [-0.2, -0.15) is 0 Å². The predicted octanol–water partition coefficient (Wildman–Crippen LogP) is 4.51. The molecule has 0 radical (unpaired) electrons. The molecule has 2 aromatic carbocycles. The van der Waals surface area contributed by atoms with Crippen LogP contribution in [0.25, 0.3) is 10.9 Å². The number of hydrogen-bond acceptors (Lipinski definition) is 5. The first-order valence-electron chi connectivity index (χ1n) is 11.6. The predicted molar refractivity (Wildman–Crippen MR) is 126 cm³/mol. The molecule has 3 heterocycles. The van der Waals surface area contributed by atoms with E-state index in [-0.39, 0.29) is 6.10 Å². The molecule has 2 unspecified atom stereocenters. The number of ether oxygens (including phenoxy) is 1. The van der Waals surface area contributed by atoms with Gasteiger partial charge in [0, 0.05) is 31.1 Å². The van der Waals surface area contributed by atoms with Crippen LogP contribution in [0.2, 0.25) is 0 Å². The average molecular weight is 417 g/mol. The van der Waals surface area contributed by atoms with Crippen LogP contribution in [-0.4, -0.2) is 42.3 Å². The molecular formula is C26H32N4O. The summed E-state index contributed by atoms with van der Waals surface area (Å²) in [6.07, 6.45) is 4.61. The lowest BCUT2D eigenvalue weighted by atomic mass is 9.97. The van der Waals surface area contributed by atoms with E-state index in [1.807, 2.05) is 0 Å². The van der Waals surface area contributed by atoms with Crippen molar-refractivity contribution in [3.63, 3.8) is 0 Å². The molecule has 0 bridgehead atoms. The van der Waals surface area contributed by atoms with Crippen LogP contribution >= 0.6 is 0 Å². The number of anilines is 1. The van der Waals surface area contributed by atoms with E-state index in [2.05, 4.69) is 66.5 Å². The molecule has 2 atom stereocenters. The van der Waals surface area contributed by atoms with E-state index in [9.17, 15) is 0 Å². The molecule has 5 heteroatoms. The fourth-order valence-corrected chi connectivity index (χ4v) is 4.94. The molecule has 0 spiro atoms. The van der Waals surface area contributed by atoms with Gasteiger partial charge in [-0.05, 0) is 62.3 Å². The Labute approximate surface area is 184 Å². The Morgan fingerprint density at radius 3 is 2.90 bits per heavy atom. The fourth-order valence-electron chi connectivity index (χ4n) is 4.94. The van der Waals surface area contributed by atoms with Crippen LogP contribution in [0.4, 0.5) is 5.95 Å². The Morgan fingerprint density at radius 1 is 1.06 bits per heavy atom. The van der Waals surface area contributed by atoms with E-state index in [0.717, 1.165) is 68.0 Å². The Bertz CT molecular complexity index is 1070. The van der Waals surface area contributed by atoms with E-state index in [4.69, 9.17) is 14.7 Å². The molecule has 2 aliphatic heterocycles. The van der Waals surface area contributed by atoms with Crippen LogP contribution in [0.1, 0.15) is 47.8 Å². The molecule has 3 aromatic rings. The summed E-state index contributed by atoms with van der Waals surface area (Å²) in [5, 5.41) is 4.95. The lowest BCUT2D eigenvalue weighted by Gasteiger charge is -2.28. The maximum Gasteiger partial charge on any atom is 0.226 e. The first-order valence-corrected chi connectivity index (χ1v) is 11.6. The topological polar surface area (TPSA) is 50.3 Å². The van der Waals surface area contributed by atoms with Crippen molar-refractivity contribution in [3.05, 3.63) is 64.8 Å². The molecule has 0 amide bonds. The van der Waals surface area contributed by atoms with Gasteiger partial charge in [-0.25, -0.2) is 9.97 Å². The maximum atomic E-state index is 6.09. The van der Waals surface area contributed by atoms with Gasteiger partial charge in [-0.3, -0.25) is 0 Å². The molecular weight excluding hydrogens is 384 g/mol. The minimum absolute atomic E-state index is 0.166. The third-order valence-corrected chi connectivity index (χ3v) is 6.73. The SMILES string of the molecule is Cc1ccc2c(C)nc(N3CCCC(NCC4OCCc5ccccc54)CC3)nc2c1. The molecule has 1 aromatic heterocycles. The summed E-state index contributed by atoms with van der Waals surface area (Å²) in [6.45, 7) is 7.90. The van der Waals surface area contributed by atoms with Gasteiger partial charge >= 0.3 is 0 Å². The summed E-state index contributed by atoms with van der Waals surface area (Å²) in [5.74, 6) is 0.876. The van der Waals surface area contributed by atoms with Crippen LogP contribution in [0.3, 0.4) is 0 Å². The standard InChI is InChI=1S/C26H32N4O/c1-18-9-10-22-19(2)28-26(29-24(22)16-18)30-13-5-7-21(11-14-30)27-17-25-23-8-4-3-6-20(23)12-15-31-25/h3-4,6,8-10,16,21,25,27H,5,7,11-15,17H2,1-2H3. The van der Waals surface area contributed by atoms with Crippen molar-refractivity contribution in [1.82, 2.24) is 15.3 Å². The monoisotopic (exact) mass is 416 g/mol. The Morgan fingerprint density at radius 2 is 1.97 bits per heavy atom. The van der Waals surface area contributed by atoms with Gasteiger partial charge in [-0.1, -0.05) is 36.4 Å². The average Bonchev–Trinajstić information content (AvgIpc) is 3.03. The van der Waals surface area contributed by atoms with Crippen LogP contribution in [-0.2, 0) is 11.2 Å². The Kier molecular flexibility index (Phi) is 5.88. The van der Waals surface area contributed by atoms with Gasteiger partial charge in [0.15, 0.2) is 0 Å². The second-order valence-corrected chi connectivity index (χ2v) is 8.96. The number of rotatable bonds is 4. The molecule has 5 rings (SSSR count). The van der Waals surface area contributed by atoms with Crippen molar-refractivity contribution >= 4 is 16.9 Å². The summed E-state index contributed by atoms with van der Waals surface area (Å²) in [4.78, 5) is 12.1. The van der Waals surface area contributed by atoms with Crippen LogP contribution < -0.4 is 10.2 Å². The molecule has 162 valence electrons. The van der Waals surface area contributed by atoms with E-state index in [1.165, 1.54) is 23.1 Å². The van der Waals surface area contributed by atoms with Crippen molar-refractivity contribution in [2.24, 2.45) is 0 Å². The summed E-state index contributed by atoms with van der Waals surface area (Å²) in [6, 6.07) is 15.7. The van der Waals surface area contributed by atoms with E-state index < -0.39 is 0 Å². The van der Waals surface area contributed by atoms with Crippen LogP contribution in [0.5, 0.6) is 0 Å². The number of aromatic nitrogens is 2. The largest absolute Gasteiger partial charge is 0.372 e. The van der Waals surface area contributed by atoms with Crippen molar-refractivity contribution in [2.45, 2.75) is 51.7 Å². The number of nitrogens with one attached hydrogen (secondary N) is 1. The van der Waals surface area contributed by atoms with Crippen molar-refractivity contribution in [1.29, 1.82) is 0 Å². The summed E-state index contributed by atoms with van der Waals surface area (Å²) < 4.78 is 6.09. The Balaban J connectivity index is 1.23. The first-order chi connectivity index (χ1) is 15.2. The number of benzene rings is 2. The summed E-state index contributed by atoms with van der Waals surface area (Å²) in [5.41, 5.74) is 6.14. The lowest BCUT2D eigenvalue weighted by molar-refractivity contribution is 0.0404. The molecule has 0 aliphatic carbocycles. The second-order valence-electron chi connectivity index (χ2n) is 8.96. The normalized spacial score (nSPS) is 21.7. The molecule has 1 fully saturated rings. The zero-order chi connectivity index (χ0) is 21.2. The Hall–Kier alpha value is -2.50. The number of aryl methyl sites for hydroxylation is 2. The second kappa shape index (κ2) is 8.93. The molecule has 2 aliphatic rings. The third kappa shape index (κ3) is 4.43. The van der Waals surface area contributed by atoms with Crippen LogP contribution in [0.15, 0.2) is 42.5 Å². The third-order valence-electron chi connectivity index (χ3n) is 6.73. The highest BCUT2D eigenvalue weighted by molar-refractivity contribution is 5.82. The van der Waals surface area contributed by atoms with E-state index >= 15 is 0 Å². The van der Waals surface area contributed by atoms with Gasteiger partial charge < -0.3 is 15.0 Å². The van der Waals surface area contributed by atoms with Gasteiger partial charge in [0.1, 0.15) is 0 Å². The molecule has 0 saturated carbocycles. The number of hydrogen-bond donors (Lipinski definition) is 1. The summed E-state index contributed by atoms with van der Waals surface area (Å²) in [7, 11) is 0. The molecule has 31 heavy (non-hydrogen) atoms. The molecule has 5 nitrogen and oxygen atoms in total. The van der Waals surface area contributed by atoms with Crippen molar-refractivity contribution in [2.75, 3.05) is 31.1 Å². The molecule has 1 N–H and O–H groups in total. The highest BCUT2D eigenvalue weighted by atomic mass is 16.5. The van der Waals surface area contributed by atoms with Crippen molar-refractivity contribution in [3.8, 4) is 0 Å². The van der Waals surface area contributed by atoms with Gasteiger partial charge in [-0.15, -0.1) is 0 Å². The zero-order valence-electron chi connectivity index (χ0n) is 18.6. The highest BCUT2D eigenvalue weighted by Crippen LogP contribution is 2.27. The maximum absolute atomic E-state index is 6.09. The number of fused-ring (bicyclic) bond motifs is 2.